The van der Waals surface area contributed by atoms with Crippen molar-refractivity contribution in [2.45, 2.75) is 65.6 Å². The number of nitrogens with zero attached hydrogens (tertiary/aromatic N) is 1. The molecule has 1 fully saturated rings. The van der Waals surface area contributed by atoms with Gasteiger partial charge >= 0.3 is 7.12 Å². The minimum Gasteiger partial charge on any atom is -0.399 e. The van der Waals surface area contributed by atoms with E-state index in [1.807, 2.05) is 13.8 Å². The minimum absolute atomic E-state index is 0.356. The van der Waals surface area contributed by atoms with Crippen LogP contribution >= 0.6 is 0 Å². The van der Waals surface area contributed by atoms with Gasteiger partial charge in [-0.3, -0.25) is 0 Å². The zero-order chi connectivity index (χ0) is 24.1. The molecule has 174 valence electrons. The van der Waals surface area contributed by atoms with Crippen molar-refractivity contribution >= 4 is 46.4 Å². The lowest BCUT2D eigenvalue weighted by atomic mass is 9.79. The van der Waals surface area contributed by atoms with Crippen LogP contribution in [-0.2, 0) is 9.31 Å². The first-order valence-electron chi connectivity index (χ1n) is 12.5. The van der Waals surface area contributed by atoms with Gasteiger partial charge in [-0.15, -0.1) is 0 Å². The molecule has 0 N–H and O–H groups in total. The van der Waals surface area contributed by atoms with Gasteiger partial charge in [0, 0.05) is 21.3 Å². The van der Waals surface area contributed by atoms with Gasteiger partial charge in [0.2, 0.25) is 0 Å². The number of rotatable bonds is 2. The molecule has 6 rings (SSSR count). The second-order valence-electron chi connectivity index (χ2n) is 9.98. The van der Waals surface area contributed by atoms with Crippen LogP contribution in [-0.4, -0.2) is 22.9 Å². The Kier molecular flexibility index (Phi) is 5.70. The van der Waals surface area contributed by atoms with Crippen molar-refractivity contribution in [3.8, 4) is 5.69 Å². The first kappa shape index (κ1) is 23.0. The van der Waals surface area contributed by atoms with E-state index in [0.29, 0.717) is 0 Å². The Balaban J connectivity index is 0.00000117. The van der Waals surface area contributed by atoms with Crippen LogP contribution in [0.2, 0.25) is 0 Å². The topological polar surface area (TPSA) is 23.4 Å². The molecule has 1 aliphatic heterocycles. The van der Waals surface area contributed by atoms with E-state index in [0.717, 1.165) is 18.3 Å². The lowest BCUT2D eigenvalue weighted by Gasteiger charge is -2.32. The molecule has 0 saturated carbocycles. The summed E-state index contributed by atoms with van der Waals surface area (Å²) in [5.74, 6) is 0. The Morgan fingerprint density at radius 1 is 0.765 bits per heavy atom. The van der Waals surface area contributed by atoms with Crippen LogP contribution in [0.15, 0.2) is 60.7 Å². The monoisotopic (exact) mass is 451 g/mol. The van der Waals surface area contributed by atoms with Crippen LogP contribution in [0.1, 0.15) is 54.4 Å². The SMILES string of the molecule is CC.CC1(C)OB(c2ccc3c4c(n(-c5cccc6ccccc56)c3c2)=CCCC=4)OC1(C)C. The van der Waals surface area contributed by atoms with Crippen LogP contribution in [0.25, 0.3) is 39.5 Å². The van der Waals surface area contributed by atoms with E-state index in [2.05, 4.69) is 105 Å². The molecule has 0 unspecified atom stereocenters. The fraction of sp³-hybridized carbons (Fsp3) is 0.333. The molecule has 34 heavy (non-hydrogen) atoms. The van der Waals surface area contributed by atoms with E-state index in [-0.39, 0.29) is 18.3 Å². The van der Waals surface area contributed by atoms with Gasteiger partial charge in [0.1, 0.15) is 0 Å². The van der Waals surface area contributed by atoms with E-state index in [9.17, 15) is 0 Å². The molecule has 1 saturated heterocycles. The Morgan fingerprint density at radius 3 is 2.21 bits per heavy atom. The van der Waals surface area contributed by atoms with Crippen molar-refractivity contribution in [1.29, 1.82) is 0 Å². The molecule has 0 radical (unpaired) electrons. The highest BCUT2D eigenvalue weighted by Crippen LogP contribution is 2.36. The smallest absolute Gasteiger partial charge is 0.399 e. The molecule has 1 aromatic heterocycles. The van der Waals surface area contributed by atoms with Crippen molar-refractivity contribution in [2.24, 2.45) is 0 Å². The van der Waals surface area contributed by atoms with Gasteiger partial charge in [-0.25, -0.2) is 0 Å². The quantitative estimate of drug-likeness (QED) is 0.378. The van der Waals surface area contributed by atoms with Gasteiger partial charge in [-0.1, -0.05) is 74.5 Å². The fourth-order valence-electron chi connectivity index (χ4n) is 5.00. The molecular weight excluding hydrogens is 417 g/mol. The maximum Gasteiger partial charge on any atom is 0.494 e. The molecule has 1 aliphatic carbocycles. The van der Waals surface area contributed by atoms with E-state index < -0.39 is 0 Å². The molecule has 0 atom stereocenters. The summed E-state index contributed by atoms with van der Waals surface area (Å²) in [6, 6.07) is 21.9. The van der Waals surface area contributed by atoms with E-state index in [4.69, 9.17) is 9.31 Å². The summed E-state index contributed by atoms with van der Waals surface area (Å²) in [4.78, 5) is 0. The Bertz CT molecular complexity index is 1470. The molecule has 2 aliphatic rings. The second-order valence-corrected chi connectivity index (χ2v) is 9.98. The van der Waals surface area contributed by atoms with Crippen molar-refractivity contribution in [3.05, 3.63) is 71.2 Å². The highest BCUT2D eigenvalue weighted by Gasteiger charge is 2.51. The van der Waals surface area contributed by atoms with Gasteiger partial charge < -0.3 is 13.9 Å². The molecule has 3 nitrogen and oxygen atoms in total. The Labute approximate surface area is 202 Å². The van der Waals surface area contributed by atoms with E-state index in [1.165, 1.54) is 37.9 Å². The predicted octanol–water partition coefficient (Wildman–Crippen LogP) is 5.46. The summed E-state index contributed by atoms with van der Waals surface area (Å²) in [5, 5.41) is 6.41. The molecule has 3 aromatic carbocycles. The van der Waals surface area contributed by atoms with Crippen molar-refractivity contribution < 1.29 is 9.31 Å². The van der Waals surface area contributed by atoms with Crippen LogP contribution in [0, 0.1) is 0 Å². The largest absolute Gasteiger partial charge is 0.494 e. The normalized spacial score (nSPS) is 18.1. The van der Waals surface area contributed by atoms with E-state index in [1.54, 1.807) is 0 Å². The average Bonchev–Trinajstić information content (AvgIpc) is 3.29. The highest BCUT2D eigenvalue weighted by atomic mass is 16.7. The first-order valence-corrected chi connectivity index (χ1v) is 12.5. The Morgan fingerprint density at radius 2 is 1.44 bits per heavy atom. The summed E-state index contributed by atoms with van der Waals surface area (Å²) in [5.41, 5.74) is 2.77. The lowest BCUT2D eigenvalue weighted by molar-refractivity contribution is 0.00578. The molecular formula is C30H34BNO2. The molecule has 0 amide bonds. The summed E-state index contributed by atoms with van der Waals surface area (Å²) < 4.78 is 15.2. The lowest BCUT2D eigenvalue weighted by Crippen LogP contribution is -2.41. The molecule has 0 bridgehead atoms. The summed E-state index contributed by atoms with van der Waals surface area (Å²) in [7, 11) is -0.370. The number of aromatic nitrogens is 1. The van der Waals surface area contributed by atoms with Crippen LogP contribution < -0.4 is 16.0 Å². The molecule has 4 aromatic rings. The third-order valence-electron chi connectivity index (χ3n) is 7.46. The molecule has 4 heteroatoms. The fourth-order valence-corrected chi connectivity index (χ4v) is 5.00. The van der Waals surface area contributed by atoms with Gasteiger partial charge in [0.15, 0.2) is 0 Å². The Hall–Kier alpha value is -2.82. The standard InChI is InChI=1S/C28H28BNO2.C2H6/c1-27(2)28(3,4)32-29(31-27)20-16-17-23-22-13-7-8-14-25(22)30(26(23)18-20)24-15-9-11-19-10-5-6-12-21(19)24;1-2/h5-6,9-18H,7-8H2,1-4H3;1-2H3. The zero-order valence-corrected chi connectivity index (χ0v) is 21.2. The third-order valence-corrected chi connectivity index (χ3v) is 7.46. The van der Waals surface area contributed by atoms with Crippen LogP contribution in [0.4, 0.5) is 0 Å². The predicted molar refractivity (Wildman–Crippen MR) is 145 cm³/mol. The number of benzene rings is 3. The van der Waals surface area contributed by atoms with E-state index >= 15 is 0 Å². The highest BCUT2D eigenvalue weighted by molar-refractivity contribution is 6.62. The second kappa shape index (κ2) is 8.44. The van der Waals surface area contributed by atoms with Gasteiger partial charge in [0.05, 0.1) is 22.4 Å². The number of hydrogen-bond acceptors (Lipinski definition) is 2. The molecule has 2 heterocycles. The number of hydrogen-bond donors (Lipinski definition) is 0. The van der Waals surface area contributed by atoms with Gasteiger partial charge in [-0.2, -0.15) is 0 Å². The van der Waals surface area contributed by atoms with Crippen LogP contribution in [0.5, 0.6) is 0 Å². The average molecular weight is 451 g/mol. The van der Waals surface area contributed by atoms with Crippen LogP contribution in [0.3, 0.4) is 0 Å². The summed E-state index contributed by atoms with van der Waals surface area (Å²) in [6.45, 7) is 12.4. The summed E-state index contributed by atoms with van der Waals surface area (Å²) in [6.07, 6.45) is 6.91. The van der Waals surface area contributed by atoms with Crippen molar-refractivity contribution in [2.75, 3.05) is 0 Å². The van der Waals surface area contributed by atoms with Crippen molar-refractivity contribution in [1.82, 2.24) is 4.57 Å². The third kappa shape index (κ3) is 3.52. The van der Waals surface area contributed by atoms with Gasteiger partial charge in [0.25, 0.3) is 0 Å². The summed E-state index contributed by atoms with van der Waals surface area (Å²) >= 11 is 0. The number of fused-ring (bicyclic) bond motifs is 4. The minimum atomic E-state index is -0.370. The maximum absolute atomic E-state index is 6.37. The van der Waals surface area contributed by atoms with Crippen molar-refractivity contribution in [3.63, 3.8) is 0 Å². The zero-order valence-electron chi connectivity index (χ0n) is 21.2. The van der Waals surface area contributed by atoms with Gasteiger partial charge in [-0.05, 0) is 63.5 Å². The molecule has 0 spiro atoms. The first-order chi connectivity index (χ1) is 16.4. The maximum atomic E-state index is 6.37.